The molecule has 1 aliphatic heterocycles. The van der Waals surface area contributed by atoms with E-state index in [-0.39, 0.29) is 6.42 Å². The fourth-order valence-corrected chi connectivity index (χ4v) is 2.89. The van der Waals surface area contributed by atoms with Gasteiger partial charge in [0, 0.05) is 17.1 Å². The first kappa shape index (κ1) is 17.0. The number of carboxylic acid groups (broad SMARTS) is 1. The molecule has 27 heavy (non-hydrogen) atoms. The largest absolute Gasteiger partial charge is 0.486 e. The summed E-state index contributed by atoms with van der Waals surface area (Å²) < 4.78 is 11.2. The average molecular weight is 366 g/mol. The summed E-state index contributed by atoms with van der Waals surface area (Å²) >= 11 is 0. The van der Waals surface area contributed by atoms with E-state index in [1.165, 1.54) is 6.33 Å². The van der Waals surface area contributed by atoms with E-state index in [0.29, 0.717) is 30.5 Å². The van der Waals surface area contributed by atoms with Crippen LogP contribution in [0.3, 0.4) is 0 Å². The molecule has 8 heteroatoms. The van der Waals surface area contributed by atoms with Crippen molar-refractivity contribution < 1.29 is 19.4 Å². The Morgan fingerprint density at radius 2 is 1.85 bits per heavy atom. The molecule has 4 rings (SSSR count). The summed E-state index contributed by atoms with van der Waals surface area (Å²) in [5.41, 5.74) is 7.99. The molecule has 0 spiro atoms. The van der Waals surface area contributed by atoms with E-state index in [0.717, 1.165) is 22.2 Å². The molecule has 2 heterocycles. The lowest BCUT2D eigenvalue weighted by Gasteiger charge is -2.19. The second-order valence-electron chi connectivity index (χ2n) is 6.21. The zero-order valence-corrected chi connectivity index (χ0v) is 14.4. The second-order valence-corrected chi connectivity index (χ2v) is 6.21. The molecule has 1 aromatic heterocycles. The number of carbonyl (C=O) groups is 1. The van der Waals surface area contributed by atoms with E-state index in [2.05, 4.69) is 15.3 Å². The summed E-state index contributed by atoms with van der Waals surface area (Å²) in [7, 11) is 0. The number of aliphatic carboxylic acids is 1. The van der Waals surface area contributed by atoms with Crippen LogP contribution in [-0.4, -0.2) is 40.3 Å². The maximum absolute atomic E-state index is 10.9. The highest BCUT2D eigenvalue weighted by atomic mass is 16.6. The van der Waals surface area contributed by atoms with Crippen LogP contribution in [0.15, 0.2) is 42.7 Å². The predicted octanol–water partition coefficient (Wildman–Crippen LogP) is 2.10. The van der Waals surface area contributed by atoms with Crippen LogP contribution in [0.25, 0.3) is 10.9 Å². The summed E-state index contributed by atoms with van der Waals surface area (Å²) in [5, 5.41) is 13.0. The predicted molar refractivity (Wildman–Crippen MR) is 99.6 cm³/mol. The van der Waals surface area contributed by atoms with Crippen LogP contribution in [0, 0.1) is 0 Å². The normalized spacial score (nSPS) is 14.0. The fourth-order valence-electron chi connectivity index (χ4n) is 2.89. The minimum absolute atomic E-state index is 0.273. The first-order valence-electron chi connectivity index (χ1n) is 8.49. The zero-order chi connectivity index (χ0) is 18.8. The van der Waals surface area contributed by atoms with Crippen molar-refractivity contribution in [1.29, 1.82) is 0 Å². The number of fused-ring (bicyclic) bond motifs is 2. The molecule has 3 aromatic rings. The first-order chi connectivity index (χ1) is 13.1. The van der Waals surface area contributed by atoms with Gasteiger partial charge in [0.05, 0.1) is 5.52 Å². The Balaban J connectivity index is 1.59. The van der Waals surface area contributed by atoms with Crippen molar-refractivity contribution in [3.8, 4) is 11.5 Å². The molecule has 0 amide bonds. The van der Waals surface area contributed by atoms with Crippen LogP contribution in [0.4, 0.5) is 11.5 Å². The van der Waals surface area contributed by atoms with E-state index in [9.17, 15) is 4.79 Å². The molecule has 138 valence electrons. The van der Waals surface area contributed by atoms with Gasteiger partial charge in [-0.25, -0.2) is 9.97 Å². The zero-order valence-electron chi connectivity index (χ0n) is 14.4. The quantitative estimate of drug-likeness (QED) is 0.628. The van der Waals surface area contributed by atoms with Gasteiger partial charge >= 0.3 is 5.97 Å². The SMILES string of the molecule is N[C@H](Cc1ccc(Nc2ncnc3cc4c(cc23)OCCO4)cc1)C(=O)O. The van der Waals surface area contributed by atoms with Gasteiger partial charge in [0.25, 0.3) is 0 Å². The number of benzene rings is 2. The van der Waals surface area contributed by atoms with E-state index >= 15 is 0 Å². The summed E-state index contributed by atoms with van der Waals surface area (Å²) in [6.45, 7) is 1.03. The van der Waals surface area contributed by atoms with Crippen LogP contribution in [0.5, 0.6) is 11.5 Å². The Labute approximate surface area is 155 Å². The van der Waals surface area contributed by atoms with Gasteiger partial charge in [-0.15, -0.1) is 0 Å². The summed E-state index contributed by atoms with van der Waals surface area (Å²) in [6, 6.07) is 10.2. The number of rotatable bonds is 5. The lowest BCUT2D eigenvalue weighted by atomic mass is 10.1. The third-order valence-corrected chi connectivity index (χ3v) is 4.29. The van der Waals surface area contributed by atoms with Gasteiger partial charge in [-0.3, -0.25) is 4.79 Å². The maximum Gasteiger partial charge on any atom is 0.320 e. The number of carboxylic acids is 1. The van der Waals surface area contributed by atoms with Crippen LogP contribution in [0.2, 0.25) is 0 Å². The molecule has 4 N–H and O–H groups in total. The molecule has 0 unspecified atom stereocenters. The van der Waals surface area contributed by atoms with Crippen molar-refractivity contribution in [3.05, 3.63) is 48.3 Å². The van der Waals surface area contributed by atoms with Gasteiger partial charge in [-0.2, -0.15) is 0 Å². The summed E-state index contributed by atoms with van der Waals surface area (Å²) in [4.78, 5) is 19.5. The van der Waals surface area contributed by atoms with Gasteiger partial charge < -0.3 is 25.6 Å². The van der Waals surface area contributed by atoms with Crippen LogP contribution < -0.4 is 20.5 Å². The van der Waals surface area contributed by atoms with Crippen molar-refractivity contribution in [2.75, 3.05) is 18.5 Å². The molecular formula is C19H18N4O4. The highest BCUT2D eigenvalue weighted by molar-refractivity contribution is 5.93. The molecule has 0 bridgehead atoms. The van der Waals surface area contributed by atoms with Gasteiger partial charge in [-0.05, 0) is 30.2 Å². The minimum Gasteiger partial charge on any atom is -0.486 e. The van der Waals surface area contributed by atoms with E-state index in [1.54, 1.807) is 0 Å². The molecule has 0 aliphatic carbocycles. The first-order valence-corrected chi connectivity index (χ1v) is 8.49. The van der Waals surface area contributed by atoms with Crippen molar-refractivity contribution in [2.24, 2.45) is 5.73 Å². The lowest BCUT2D eigenvalue weighted by molar-refractivity contribution is -0.138. The van der Waals surface area contributed by atoms with Crippen molar-refractivity contribution >= 4 is 28.4 Å². The summed E-state index contributed by atoms with van der Waals surface area (Å²) in [5.74, 6) is 0.980. The van der Waals surface area contributed by atoms with Gasteiger partial charge in [0.1, 0.15) is 31.4 Å². The number of nitrogens with two attached hydrogens (primary N) is 1. The molecule has 1 aliphatic rings. The Kier molecular flexibility index (Phi) is 4.47. The highest BCUT2D eigenvalue weighted by Crippen LogP contribution is 2.36. The fraction of sp³-hybridized carbons (Fsp3) is 0.211. The molecule has 0 fully saturated rings. The Morgan fingerprint density at radius 3 is 2.56 bits per heavy atom. The summed E-state index contributed by atoms with van der Waals surface area (Å²) in [6.07, 6.45) is 1.76. The molecule has 0 saturated heterocycles. The number of anilines is 2. The third-order valence-electron chi connectivity index (χ3n) is 4.29. The van der Waals surface area contributed by atoms with Crippen molar-refractivity contribution in [2.45, 2.75) is 12.5 Å². The number of hydrogen-bond acceptors (Lipinski definition) is 7. The van der Waals surface area contributed by atoms with Crippen LogP contribution >= 0.6 is 0 Å². The highest BCUT2D eigenvalue weighted by Gasteiger charge is 2.16. The number of nitrogens with one attached hydrogen (secondary N) is 1. The third kappa shape index (κ3) is 3.61. The van der Waals surface area contributed by atoms with Gasteiger partial charge in [-0.1, -0.05) is 12.1 Å². The standard InChI is InChI=1S/C19H18N4O4/c20-14(19(24)25)7-11-1-3-12(4-2-11)23-18-13-8-16-17(27-6-5-26-16)9-15(13)21-10-22-18/h1-4,8-10,14H,5-7,20H2,(H,24,25)(H,21,22,23)/t14-/m1/s1. The van der Waals surface area contributed by atoms with Crippen LogP contribution in [0.1, 0.15) is 5.56 Å². The number of hydrogen-bond donors (Lipinski definition) is 3. The van der Waals surface area contributed by atoms with E-state index < -0.39 is 12.0 Å². The minimum atomic E-state index is -1.01. The molecular weight excluding hydrogens is 348 g/mol. The monoisotopic (exact) mass is 366 g/mol. The second kappa shape index (κ2) is 7.08. The Morgan fingerprint density at radius 1 is 1.15 bits per heavy atom. The smallest absolute Gasteiger partial charge is 0.320 e. The van der Waals surface area contributed by atoms with Crippen molar-refractivity contribution in [3.63, 3.8) is 0 Å². The van der Waals surface area contributed by atoms with Crippen LogP contribution in [-0.2, 0) is 11.2 Å². The molecule has 8 nitrogen and oxygen atoms in total. The molecule has 2 aromatic carbocycles. The number of ether oxygens (including phenoxy) is 2. The Hall–Kier alpha value is -3.39. The van der Waals surface area contributed by atoms with Crippen molar-refractivity contribution in [1.82, 2.24) is 9.97 Å². The molecule has 0 saturated carbocycles. The lowest BCUT2D eigenvalue weighted by Crippen LogP contribution is -2.32. The van der Waals surface area contributed by atoms with E-state index in [1.807, 2.05) is 36.4 Å². The molecule has 0 radical (unpaired) electrons. The topological polar surface area (TPSA) is 120 Å². The van der Waals surface area contributed by atoms with Gasteiger partial charge in [0.15, 0.2) is 11.5 Å². The number of aromatic nitrogens is 2. The van der Waals surface area contributed by atoms with Gasteiger partial charge in [0.2, 0.25) is 0 Å². The maximum atomic E-state index is 10.9. The average Bonchev–Trinajstić information content (AvgIpc) is 2.68. The number of nitrogens with zero attached hydrogens (tertiary/aromatic N) is 2. The van der Waals surface area contributed by atoms with E-state index in [4.69, 9.17) is 20.3 Å². The Bertz CT molecular complexity index is 991. The molecule has 1 atom stereocenters.